The van der Waals surface area contributed by atoms with E-state index in [4.69, 9.17) is 21.4 Å². The summed E-state index contributed by atoms with van der Waals surface area (Å²) in [5, 5.41) is 7.68. The zero-order valence-electron chi connectivity index (χ0n) is 27.1. The van der Waals surface area contributed by atoms with E-state index in [-0.39, 0.29) is 30.0 Å². The molecule has 2 atom stereocenters. The molecule has 3 aromatic rings. The van der Waals surface area contributed by atoms with Crippen LogP contribution >= 0.6 is 0 Å². The molecule has 4 rings (SSSR count). The van der Waals surface area contributed by atoms with Crippen LogP contribution in [-0.2, 0) is 23.1 Å². The van der Waals surface area contributed by atoms with E-state index in [2.05, 4.69) is 30.2 Å². The Hall–Kier alpha value is -4.07. The van der Waals surface area contributed by atoms with Gasteiger partial charge in [-0.25, -0.2) is 13.6 Å². The first-order valence-electron chi connectivity index (χ1n) is 16.0. The predicted octanol–water partition coefficient (Wildman–Crippen LogP) is 5.77. The van der Waals surface area contributed by atoms with Crippen LogP contribution in [0.4, 0.5) is 8.78 Å². The molecule has 1 amide bonds. The quantitative estimate of drug-likeness (QED) is 0.152. The highest BCUT2D eigenvalue weighted by Gasteiger charge is 2.48. The zero-order chi connectivity index (χ0) is 33.4. The van der Waals surface area contributed by atoms with Crippen molar-refractivity contribution in [2.24, 2.45) is 11.7 Å². The third-order valence-corrected chi connectivity index (χ3v) is 8.03. The van der Waals surface area contributed by atoms with Crippen LogP contribution < -0.4 is 11.1 Å². The Morgan fingerprint density at radius 3 is 2.28 bits per heavy atom. The van der Waals surface area contributed by atoms with Crippen LogP contribution in [-0.4, -0.2) is 53.7 Å². The van der Waals surface area contributed by atoms with Gasteiger partial charge in [0.1, 0.15) is 17.7 Å². The molecule has 2 aromatic carbocycles. The molecular weight excluding hydrogens is 590 g/mol. The fraction of sp³-hybridized carbons (Fsp3) is 0.472. The van der Waals surface area contributed by atoms with Crippen molar-refractivity contribution in [2.45, 2.75) is 83.9 Å². The lowest BCUT2D eigenvalue weighted by Gasteiger charge is -2.27. The summed E-state index contributed by atoms with van der Waals surface area (Å²) < 4.78 is 39.6. The summed E-state index contributed by atoms with van der Waals surface area (Å²) in [6, 6.07) is 8.87. The van der Waals surface area contributed by atoms with Crippen molar-refractivity contribution in [1.29, 1.82) is 0 Å². The van der Waals surface area contributed by atoms with Gasteiger partial charge in [-0.1, -0.05) is 38.8 Å². The Bertz CT molecular complexity index is 1530. The highest BCUT2D eigenvalue weighted by Crippen LogP contribution is 2.45. The SMILES string of the molecule is C#Cc1cc(C(=O)OC(CNC2(c3cc(CC(C)C)no3)CC2)C(N)Cc2cc(F)cc(F)c2)cc(C(=O)N(CCC)CCC)c1. The normalized spacial score (nSPS) is 14.8. The molecule has 8 nitrogen and oxygen atoms in total. The summed E-state index contributed by atoms with van der Waals surface area (Å²) in [5.74, 6) is 1.24. The van der Waals surface area contributed by atoms with Crippen LogP contribution in [0, 0.1) is 29.9 Å². The molecule has 0 spiro atoms. The zero-order valence-corrected chi connectivity index (χ0v) is 27.1. The minimum absolute atomic E-state index is 0.0409. The number of amides is 1. The summed E-state index contributed by atoms with van der Waals surface area (Å²) in [4.78, 5) is 28.8. The van der Waals surface area contributed by atoms with E-state index in [0.717, 1.165) is 43.9 Å². The molecule has 0 radical (unpaired) electrons. The van der Waals surface area contributed by atoms with Gasteiger partial charge in [0.15, 0.2) is 5.76 Å². The number of halogens is 2. The fourth-order valence-corrected chi connectivity index (χ4v) is 5.59. The molecule has 1 aromatic heterocycles. The first kappa shape index (κ1) is 34.8. The number of ether oxygens (including phenoxy) is 1. The number of nitrogens with two attached hydrogens (primary N) is 1. The number of nitrogens with one attached hydrogen (secondary N) is 1. The van der Waals surface area contributed by atoms with E-state index in [9.17, 15) is 18.4 Å². The monoisotopic (exact) mass is 634 g/mol. The van der Waals surface area contributed by atoms with Crippen molar-refractivity contribution in [3.8, 4) is 12.3 Å². The number of rotatable bonds is 16. The van der Waals surface area contributed by atoms with Crippen molar-refractivity contribution < 1.29 is 27.6 Å². The first-order valence-corrected chi connectivity index (χ1v) is 16.0. The summed E-state index contributed by atoms with van der Waals surface area (Å²) in [7, 11) is 0. The minimum Gasteiger partial charge on any atom is -0.456 e. The standard InChI is InChI=1S/C36H44F2N4O4/c1-6-11-42(12-7-2)34(43)26-14-24(8-3)15-27(19-26)35(44)45-32(31(39)18-25-16-28(37)20-29(38)17-25)22-40-36(9-10-36)33-21-30(41-46-33)13-23(4)5/h3,14-17,19-21,23,31-32,40H,6-7,9-13,18,22,39H2,1-2,4-5H3. The number of terminal acetylenes is 1. The number of hydrogen-bond donors (Lipinski definition) is 2. The Morgan fingerprint density at radius 2 is 1.70 bits per heavy atom. The summed E-state index contributed by atoms with van der Waals surface area (Å²) >= 11 is 0. The molecule has 1 heterocycles. The van der Waals surface area contributed by atoms with Gasteiger partial charge in [0.2, 0.25) is 0 Å². The van der Waals surface area contributed by atoms with Gasteiger partial charge >= 0.3 is 5.97 Å². The smallest absolute Gasteiger partial charge is 0.338 e. The number of hydrogen-bond acceptors (Lipinski definition) is 7. The second kappa shape index (κ2) is 15.5. The van der Waals surface area contributed by atoms with Gasteiger partial charge < -0.3 is 25.2 Å². The largest absolute Gasteiger partial charge is 0.456 e. The molecule has 46 heavy (non-hydrogen) atoms. The number of esters is 1. The molecule has 0 bridgehead atoms. The number of carbonyl (C=O) groups excluding carboxylic acids is 2. The van der Waals surface area contributed by atoms with Crippen molar-refractivity contribution in [3.63, 3.8) is 0 Å². The highest BCUT2D eigenvalue weighted by atomic mass is 19.1. The Kier molecular flexibility index (Phi) is 11.7. The number of benzene rings is 2. The number of carbonyl (C=O) groups is 2. The third kappa shape index (κ3) is 9.02. The van der Waals surface area contributed by atoms with E-state index in [1.165, 1.54) is 24.3 Å². The van der Waals surface area contributed by atoms with Gasteiger partial charge in [0.25, 0.3) is 5.91 Å². The minimum atomic E-state index is -0.917. The van der Waals surface area contributed by atoms with Crippen LogP contribution in [0.3, 0.4) is 0 Å². The lowest BCUT2D eigenvalue weighted by atomic mass is 10.0. The number of aromatic nitrogens is 1. The molecule has 1 aliphatic carbocycles. The van der Waals surface area contributed by atoms with Crippen molar-refractivity contribution in [2.75, 3.05) is 19.6 Å². The average Bonchev–Trinajstić information content (AvgIpc) is 3.66. The van der Waals surface area contributed by atoms with Crippen LogP contribution in [0.2, 0.25) is 0 Å². The van der Waals surface area contributed by atoms with Gasteiger partial charge in [-0.05, 0) is 80.3 Å². The topological polar surface area (TPSA) is 111 Å². The second-order valence-corrected chi connectivity index (χ2v) is 12.6. The molecule has 0 saturated heterocycles. The van der Waals surface area contributed by atoms with E-state index in [0.29, 0.717) is 35.9 Å². The number of nitrogens with zero attached hydrogens (tertiary/aromatic N) is 2. The van der Waals surface area contributed by atoms with Gasteiger partial charge in [-0.15, -0.1) is 6.42 Å². The molecule has 10 heteroatoms. The van der Waals surface area contributed by atoms with Gasteiger partial charge in [0.05, 0.1) is 16.8 Å². The third-order valence-electron chi connectivity index (χ3n) is 8.03. The molecule has 1 saturated carbocycles. The van der Waals surface area contributed by atoms with E-state index in [1.54, 1.807) is 11.0 Å². The molecule has 246 valence electrons. The predicted molar refractivity (Wildman–Crippen MR) is 172 cm³/mol. The maximum absolute atomic E-state index is 14.0. The molecule has 1 aliphatic rings. The second-order valence-electron chi connectivity index (χ2n) is 12.6. The maximum atomic E-state index is 14.0. The average molecular weight is 635 g/mol. The molecule has 0 aliphatic heterocycles. The lowest BCUT2D eigenvalue weighted by molar-refractivity contribution is 0.0226. The fourth-order valence-electron chi connectivity index (χ4n) is 5.59. The van der Waals surface area contributed by atoms with E-state index >= 15 is 0 Å². The van der Waals surface area contributed by atoms with Crippen LogP contribution in [0.15, 0.2) is 47.0 Å². The van der Waals surface area contributed by atoms with Crippen molar-refractivity contribution in [3.05, 3.63) is 87.8 Å². The molecule has 2 unspecified atom stereocenters. The van der Waals surface area contributed by atoms with Gasteiger partial charge in [-0.2, -0.15) is 0 Å². The van der Waals surface area contributed by atoms with E-state index in [1.807, 2.05) is 19.9 Å². The summed E-state index contributed by atoms with van der Waals surface area (Å²) in [5.41, 5.74) is 8.04. The van der Waals surface area contributed by atoms with Crippen LogP contribution in [0.5, 0.6) is 0 Å². The van der Waals surface area contributed by atoms with E-state index < -0.39 is 35.3 Å². The van der Waals surface area contributed by atoms with Crippen molar-refractivity contribution in [1.82, 2.24) is 15.4 Å². The first-order chi connectivity index (χ1) is 22.0. The van der Waals surface area contributed by atoms with Crippen LogP contribution in [0.1, 0.15) is 96.7 Å². The van der Waals surface area contributed by atoms with Gasteiger partial charge in [-0.3, -0.25) is 4.79 Å². The highest BCUT2D eigenvalue weighted by molar-refractivity contribution is 5.98. The lowest BCUT2D eigenvalue weighted by Crippen LogP contribution is -2.48. The van der Waals surface area contributed by atoms with Crippen molar-refractivity contribution >= 4 is 11.9 Å². The molecular formula is C36H44F2N4O4. The Labute approximate surface area is 270 Å². The summed E-state index contributed by atoms with van der Waals surface area (Å²) in [6.45, 7) is 9.47. The summed E-state index contributed by atoms with van der Waals surface area (Å²) in [6.07, 6.45) is 8.74. The molecule has 3 N–H and O–H groups in total. The van der Waals surface area contributed by atoms with Gasteiger partial charge in [0, 0.05) is 48.9 Å². The van der Waals surface area contributed by atoms with Crippen LogP contribution in [0.25, 0.3) is 0 Å². The Balaban J connectivity index is 1.58. The maximum Gasteiger partial charge on any atom is 0.338 e. The Morgan fingerprint density at radius 1 is 1.04 bits per heavy atom. The molecule has 1 fully saturated rings.